The molecule has 2 heterocycles. The molecule has 4 N–H and O–H groups in total. The normalized spacial score (nSPS) is 23.1. The number of nitrogens with two attached hydrogens (primary N) is 1. The van der Waals surface area contributed by atoms with Crippen LogP contribution in [0.5, 0.6) is 0 Å². The number of aliphatic hydroxyl groups is 1. The molecule has 1 fully saturated rings. The van der Waals surface area contributed by atoms with Crippen molar-refractivity contribution in [2.24, 2.45) is 0 Å². The van der Waals surface area contributed by atoms with Crippen molar-refractivity contribution in [3.63, 3.8) is 0 Å². The number of anilines is 1. The number of nitrogens with zero attached hydrogens (tertiary/aromatic N) is 2. The van der Waals surface area contributed by atoms with Crippen molar-refractivity contribution in [2.45, 2.75) is 38.9 Å². The molecule has 112 valence electrons. The Morgan fingerprint density at radius 2 is 2.35 bits per heavy atom. The molecule has 0 aliphatic carbocycles. The zero-order valence-corrected chi connectivity index (χ0v) is 11.9. The van der Waals surface area contributed by atoms with E-state index in [1.807, 2.05) is 13.8 Å². The smallest absolute Gasteiger partial charge is 0.276 e. The predicted molar refractivity (Wildman–Crippen MR) is 74.3 cm³/mol. The lowest BCUT2D eigenvalue weighted by Gasteiger charge is -2.35. The largest absolute Gasteiger partial charge is 0.395 e. The van der Waals surface area contributed by atoms with Gasteiger partial charge in [-0.3, -0.25) is 9.89 Å². The third kappa shape index (κ3) is 2.94. The molecule has 0 spiro atoms. The molecule has 1 aliphatic heterocycles. The number of nitrogen functional groups attached to an aromatic ring is 1. The molecule has 1 aliphatic rings. The number of aryl methyl sites for hydroxylation is 1. The van der Waals surface area contributed by atoms with E-state index in [2.05, 4.69) is 10.2 Å². The second kappa shape index (κ2) is 6.23. The Bertz CT molecular complexity index is 474. The lowest BCUT2D eigenvalue weighted by Crippen LogP contribution is -2.50. The van der Waals surface area contributed by atoms with Gasteiger partial charge in [0.15, 0.2) is 5.69 Å². The quantitative estimate of drug-likeness (QED) is 0.730. The Hall–Kier alpha value is -1.60. The van der Waals surface area contributed by atoms with Crippen LogP contribution in [0.3, 0.4) is 0 Å². The molecule has 2 rings (SSSR count). The van der Waals surface area contributed by atoms with Gasteiger partial charge >= 0.3 is 0 Å². The van der Waals surface area contributed by atoms with Crippen molar-refractivity contribution >= 4 is 11.6 Å². The molecule has 0 bridgehead atoms. The number of aromatic nitrogens is 2. The van der Waals surface area contributed by atoms with Gasteiger partial charge in [-0.1, -0.05) is 13.3 Å². The first-order valence-corrected chi connectivity index (χ1v) is 6.95. The molecule has 1 amide bonds. The molecule has 1 saturated heterocycles. The fourth-order valence-electron chi connectivity index (χ4n) is 2.45. The zero-order chi connectivity index (χ0) is 14.7. The summed E-state index contributed by atoms with van der Waals surface area (Å²) in [5.74, 6) is -0.213. The number of nitrogens with one attached hydrogen (secondary N) is 1. The fourth-order valence-corrected chi connectivity index (χ4v) is 2.45. The van der Waals surface area contributed by atoms with Gasteiger partial charge in [-0.25, -0.2) is 0 Å². The molecular formula is C13H22N4O3. The first kappa shape index (κ1) is 14.8. The number of H-pyrrole nitrogens is 1. The van der Waals surface area contributed by atoms with E-state index in [0.717, 1.165) is 18.5 Å². The number of morpholine rings is 1. The summed E-state index contributed by atoms with van der Waals surface area (Å²) in [5, 5.41) is 16.1. The molecular weight excluding hydrogens is 260 g/mol. The maximum absolute atomic E-state index is 12.5. The van der Waals surface area contributed by atoms with Crippen LogP contribution in [0.15, 0.2) is 0 Å². The van der Waals surface area contributed by atoms with Crippen LogP contribution in [0.25, 0.3) is 0 Å². The van der Waals surface area contributed by atoms with Gasteiger partial charge in [0.2, 0.25) is 0 Å². The standard InChI is InChI=1S/C13H22N4O3/c1-3-4-10-11(14)12(16-15-10)13(19)17-5-8(2)20-9(6-17)7-18/h8-9,18H,3-7,14H2,1-2H3,(H,15,16). The van der Waals surface area contributed by atoms with Crippen molar-refractivity contribution in [2.75, 3.05) is 25.4 Å². The highest BCUT2D eigenvalue weighted by Crippen LogP contribution is 2.20. The summed E-state index contributed by atoms with van der Waals surface area (Å²) in [6, 6.07) is 0. The van der Waals surface area contributed by atoms with E-state index < -0.39 is 0 Å². The molecule has 0 aromatic carbocycles. The van der Waals surface area contributed by atoms with Crippen molar-refractivity contribution < 1.29 is 14.6 Å². The van der Waals surface area contributed by atoms with E-state index in [9.17, 15) is 9.90 Å². The second-order valence-corrected chi connectivity index (χ2v) is 5.18. The summed E-state index contributed by atoms with van der Waals surface area (Å²) in [6.07, 6.45) is 1.24. The van der Waals surface area contributed by atoms with Crippen molar-refractivity contribution in [1.82, 2.24) is 15.1 Å². The molecule has 1 aromatic rings. The third-order valence-electron chi connectivity index (χ3n) is 3.40. The Labute approximate surface area is 118 Å². The summed E-state index contributed by atoms with van der Waals surface area (Å²) in [6.45, 7) is 4.64. The molecule has 7 heteroatoms. The number of carbonyl (C=O) groups is 1. The lowest BCUT2D eigenvalue weighted by molar-refractivity contribution is -0.0859. The summed E-state index contributed by atoms with van der Waals surface area (Å²) in [4.78, 5) is 14.1. The van der Waals surface area contributed by atoms with Gasteiger partial charge in [0.1, 0.15) is 0 Å². The monoisotopic (exact) mass is 282 g/mol. The van der Waals surface area contributed by atoms with Crippen LogP contribution in [-0.4, -0.2) is 58.0 Å². The van der Waals surface area contributed by atoms with Crippen molar-refractivity contribution in [3.05, 3.63) is 11.4 Å². The third-order valence-corrected chi connectivity index (χ3v) is 3.40. The minimum Gasteiger partial charge on any atom is -0.395 e. The Balaban J connectivity index is 2.14. The molecule has 7 nitrogen and oxygen atoms in total. The van der Waals surface area contributed by atoms with Gasteiger partial charge in [0.25, 0.3) is 5.91 Å². The van der Waals surface area contributed by atoms with Gasteiger partial charge < -0.3 is 20.5 Å². The lowest BCUT2D eigenvalue weighted by atomic mass is 10.1. The van der Waals surface area contributed by atoms with E-state index >= 15 is 0 Å². The van der Waals surface area contributed by atoms with Crippen LogP contribution < -0.4 is 5.73 Å². The topological polar surface area (TPSA) is 104 Å². The average Bonchev–Trinajstić information content (AvgIpc) is 2.79. The van der Waals surface area contributed by atoms with Crippen LogP contribution in [0.4, 0.5) is 5.69 Å². The van der Waals surface area contributed by atoms with Gasteiger partial charge in [-0.2, -0.15) is 5.10 Å². The highest BCUT2D eigenvalue weighted by molar-refractivity contribution is 5.97. The molecule has 2 unspecified atom stereocenters. The number of ether oxygens (including phenoxy) is 1. The maximum Gasteiger partial charge on any atom is 0.276 e. The SMILES string of the molecule is CCCc1[nH]nc(C(=O)N2CC(C)OC(CO)C2)c1N. The number of rotatable bonds is 4. The van der Waals surface area contributed by atoms with Crippen LogP contribution in [0.1, 0.15) is 36.5 Å². The van der Waals surface area contributed by atoms with Gasteiger partial charge in [-0.05, 0) is 13.3 Å². The number of hydrogen-bond donors (Lipinski definition) is 3. The highest BCUT2D eigenvalue weighted by atomic mass is 16.5. The fraction of sp³-hybridized carbons (Fsp3) is 0.692. The molecule has 20 heavy (non-hydrogen) atoms. The van der Waals surface area contributed by atoms with Crippen LogP contribution in [-0.2, 0) is 11.2 Å². The zero-order valence-electron chi connectivity index (χ0n) is 11.9. The number of hydrogen-bond acceptors (Lipinski definition) is 5. The Kier molecular flexibility index (Phi) is 4.61. The molecule has 0 radical (unpaired) electrons. The first-order chi connectivity index (χ1) is 9.56. The van der Waals surface area contributed by atoms with Crippen LogP contribution in [0.2, 0.25) is 0 Å². The van der Waals surface area contributed by atoms with Crippen molar-refractivity contribution in [1.29, 1.82) is 0 Å². The second-order valence-electron chi connectivity index (χ2n) is 5.18. The van der Waals surface area contributed by atoms with Gasteiger partial charge in [-0.15, -0.1) is 0 Å². The summed E-state index contributed by atoms with van der Waals surface area (Å²) >= 11 is 0. The molecule has 0 saturated carbocycles. The Morgan fingerprint density at radius 3 is 3.00 bits per heavy atom. The van der Waals surface area contributed by atoms with E-state index in [4.69, 9.17) is 10.5 Å². The average molecular weight is 282 g/mol. The predicted octanol–water partition coefficient (Wildman–Crippen LogP) is 0.166. The van der Waals surface area contributed by atoms with Gasteiger partial charge in [0, 0.05) is 13.1 Å². The summed E-state index contributed by atoms with van der Waals surface area (Å²) in [5.41, 5.74) is 7.47. The molecule has 1 aromatic heterocycles. The van der Waals surface area contributed by atoms with E-state index in [0.29, 0.717) is 18.8 Å². The van der Waals surface area contributed by atoms with E-state index in [1.54, 1.807) is 4.90 Å². The van der Waals surface area contributed by atoms with Crippen LogP contribution in [0, 0.1) is 0 Å². The summed E-state index contributed by atoms with van der Waals surface area (Å²) in [7, 11) is 0. The van der Waals surface area contributed by atoms with Crippen LogP contribution >= 0.6 is 0 Å². The number of amides is 1. The molecule has 2 atom stereocenters. The minimum absolute atomic E-state index is 0.106. The number of aliphatic hydroxyl groups excluding tert-OH is 1. The minimum atomic E-state index is -0.349. The summed E-state index contributed by atoms with van der Waals surface area (Å²) < 4.78 is 5.52. The maximum atomic E-state index is 12.5. The Morgan fingerprint density at radius 1 is 1.60 bits per heavy atom. The van der Waals surface area contributed by atoms with E-state index in [-0.39, 0.29) is 30.4 Å². The number of carbonyl (C=O) groups excluding carboxylic acids is 1. The highest BCUT2D eigenvalue weighted by Gasteiger charge is 2.31. The number of aromatic amines is 1. The van der Waals surface area contributed by atoms with Gasteiger partial charge in [0.05, 0.1) is 30.2 Å². The first-order valence-electron chi connectivity index (χ1n) is 6.95. The van der Waals surface area contributed by atoms with E-state index in [1.165, 1.54) is 0 Å². The van der Waals surface area contributed by atoms with Crippen molar-refractivity contribution in [3.8, 4) is 0 Å².